The molecule has 11 aromatic rings. The molecule has 16 rings (SSSR count). The fourth-order valence-electron chi connectivity index (χ4n) is 15.8. The number of H-pyrrole nitrogens is 2. The van der Waals surface area contributed by atoms with Gasteiger partial charge in [-0.25, -0.2) is 29.9 Å². The van der Waals surface area contributed by atoms with Gasteiger partial charge < -0.3 is 20.2 Å². The highest BCUT2D eigenvalue weighted by molar-refractivity contribution is 6.13. The number of hydrogen-bond acceptors (Lipinski definition) is 8. The molecule has 8 aromatic carbocycles. The van der Waals surface area contributed by atoms with Crippen LogP contribution in [0.25, 0.3) is 122 Å². The number of aryl methyl sites for hydroxylation is 4. The van der Waals surface area contributed by atoms with Crippen LogP contribution >= 0.6 is 0 Å². The summed E-state index contributed by atoms with van der Waals surface area (Å²) in [6, 6.07) is 46.1. The largest absolute Gasteiger partial charge is 0.508 e. The Balaban J connectivity index is 0.908. The SMILES string of the molecule is CCCCc1ccc2cc3c(cc2c1)-c1nc-3nc2[nH]c(nc3nc(nc4[nH]c(n1)c1cc5ccc(CCCC)cc5cc41)-c1ccc(C#C[C@@]4(O)CC[C@H]5[C@@H]6CCc7cc(O)ccc7[C@H]6CC[C@@]54C)cc1-3)c1cc3ccc(CCCC)cc3cc21. The van der Waals surface area contributed by atoms with Crippen LogP contribution in [0.2, 0.25) is 0 Å². The number of phenols is 1. The molecule has 0 spiro atoms. The number of aromatic hydroxyl groups is 1. The smallest absolute Gasteiger partial charge is 0.164 e. The van der Waals surface area contributed by atoms with Crippen molar-refractivity contribution >= 4 is 76.5 Å². The summed E-state index contributed by atoms with van der Waals surface area (Å²) in [5, 5.41) is 33.7. The van der Waals surface area contributed by atoms with Crippen LogP contribution in [0.3, 0.4) is 0 Å². The first-order chi connectivity index (χ1) is 42.0. The maximum atomic E-state index is 12.9. The van der Waals surface area contributed by atoms with Gasteiger partial charge in [-0.3, -0.25) is 0 Å². The van der Waals surface area contributed by atoms with Crippen molar-refractivity contribution in [2.75, 3.05) is 0 Å². The number of hydrogen-bond donors (Lipinski definition) is 4. The standard InChI is InChI=1S/C76H70N8O2/c1-5-8-11-43-14-18-47-37-60-63(40-51(47)32-43)72-78-67-58-23-17-46(26-30-76(86)31-28-66-57-24-21-50-36-54(85)22-25-55(50)56(57)27-29-75(66,76)4)35-59(58)68(77-67)79-69-61-38-48-19-15-44(12-9-6-2)33-52(48)41-64(61)73(81-69)83-71-62-39-49-20-16-45(13-10-7-3)34-53(49)42-65(62)74(84-71)82-70(60)80-72/h14-20,22-23,25,32-42,56-57,66,85-86H,5-13,21,24,27-29,31H2,1-4H3,(H2,77,78,79,80,81,82,83,84)/t56-,57-,66+,75+,76-/m1/s1. The molecule has 2 saturated carbocycles. The van der Waals surface area contributed by atoms with Crippen LogP contribution in [-0.4, -0.2) is 55.7 Å². The molecular weight excluding hydrogens is 1060 g/mol. The number of rotatable bonds is 9. The second kappa shape index (κ2) is 20.4. The Morgan fingerprint density at radius 1 is 0.488 bits per heavy atom. The molecule has 10 nitrogen and oxygen atoms in total. The second-order valence-electron chi connectivity index (χ2n) is 25.8. The van der Waals surface area contributed by atoms with E-state index in [1.165, 1.54) is 27.8 Å². The van der Waals surface area contributed by atoms with Gasteiger partial charge in [0.1, 0.15) is 33.9 Å². The van der Waals surface area contributed by atoms with E-state index < -0.39 is 5.60 Å². The van der Waals surface area contributed by atoms with Crippen LogP contribution in [0.15, 0.2) is 127 Å². The average Bonchev–Trinajstić information content (AvgIpc) is 3.33. The molecular formula is C76H70N8O2. The van der Waals surface area contributed by atoms with Crippen LogP contribution in [-0.2, 0) is 25.7 Å². The summed E-state index contributed by atoms with van der Waals surface area (Å²) in [4.78, 5) is 40.3. The lowest BCUT2D eigenvalue weighted by atomic mass is 9.53. The van der Waals surface area contributed by atoms with Crippen LogP contribution < -0.4 is 0 Å². The molecule has 5 atom stereocenters. The van der Waals surface area contributed by atoms with Gasteiger partial charge in [0, 0.05) is 54.8 Å². The molecule has 3 aliphatic carbocycles. The first-order valence-corrected chi connectivity index (χ1v) is 31.7. The van der Waals surface area contributed by atoms with Gasteiger partial charge in [0.2, 0.25) is 0 Å². The number of phenolic OH excluding ortho intramolecular Hbond substituents is 1. The van der Waals surface area contributed by atoms with E-state index in [1.807, 2.05) is 18.2 Å². The molecule has 10 heteroatoms. The van der Waals surface area contributed by atoms with Gasteiger partial charge >= 0.3 is 0 Å². The van der Waals surface area contributed by atoms with Gasteiger partial charge in [-0.1, -0.05) is 119 Å². The van der Waals surface area contributed by atoms with Crippen LogP contribution in [0.4, 0.5) is 0 Å². The third kappa shape index (κ3) is 8.70. The van der Waals surface area contributed by atoms with Gasteiger partial charge in [0.25, 0.3) is 0 Å². The zero-order valence-electron chi connectivity index (χ0n) is 49.5. The molecule has 8 bridgehead atoms. The molecule has 5 heterocycles. The first kappa shape index (κ1) is 52.7. The van der Waals surface area contributed by atoms with E-state index in [2.05, 4.69) is 159 Å². The Bertz CT molecular complexity index is 4910. The molecule has 5 aliphatic rings. The minimum absolute atomic E-state index is 0.344. The number of unbranched alkanes of at least 4 members (excludes halogenated alkanes) is 3. The van der Waals surface area contributed by atoms with Gasteiger partial charge in [-0.2, -0.15) is 0 Å². The first-order valence-electron chi connectivity index (χ1n) is 31.7. The predicted molar refractivity (Wildman–Crippen MR) is 349 cm³/mol. The molecule has 2 fully saturated rings. The Morgan fingerprint density at radius 2 is 0.977 bits per heavy atom. The lowest BCUT2D eigenvalue weighted by Gasteiger charge is -2.52. The molecule has 0 amide bonds. The summed E-state index contributed by atoms with van der Waals surface area (Å²) in [6.07, 6.45) is 15.4. The highest BCUT2D eigenvalue weighted by atomic mass is 16.3. The van der Waals surface area contributed by atoms with Crippen molar-refractivity contribution in [3.05, 3.63) is 161 Å². The normalized spacial score (nSPS) is 20.2. The van der Waals surface area contributed by atoms with Crippen LogP contribution in [0.1, 0.15) is 138 Å². The highest BCUT2D eigenvalue weighted by Gasteiger charge is 2.61. The Labute approximate surface area is 500 Å². The summed E-state index contributed by atoms with van der Waals surface area (Å²) in [5.41, 5.74) is 12.0. The third-order valence-electron chi connectivity index (χ3n) is 20.6. The Hall–Kier alpha value is -8.78. The second-order valence-corrected chi connectivity index (χ2v) is 25.8. The molecule has 0 unspecified atom stereocenters. The zero-order valence-corrected chi connectivity index (χ0v) is 49.5. The van der Waals surface area contributed by atoms with E-state index >= 15 is 0 Å². The summed E-state index contributed by atoms with van der Waals surface area (Å²) in [5.74, 6) is 10.9. The van der Waals surface area contributed by atoms with Crippen LogP contribution in [0, 0.1) is 29.1 Å². The minimum atomic E-state index is -1.15. The maximum absolute atomic E-state index is 12.9. The van der Waals surface area contributed by atoms with Crippen molar-refractivity contribution in [1.82, 2.24) is 39.9 Å². The third-order valence-corrected chi connectivity index (χ3v) is 20.6. The van der Waals surface area contributed by atoms with Crippen molar-refractivity contribution in [2.45, 2.75) is 136 Å². The van der Waals surface area contributed by atoms with Crippen molar-refractivity contribution in [3.8, 4) is 63.1 Å². The monoisotopic (exact) mass is 1130 g/mol. The number of aromatic amines is 2. The number of aromatic nitrogens is 8. The number of benzene rings is 8. The fraction of sp³-hybridized carbons (Fsp3) is 0.316. The van der Waals surface area contributed by atoms with Crippen molar-refractivity contribution in [3.63, 3.8) is 0 Å². The van der Waals surface area contributed by atoms with Gasteiger partial charge in [-0.15, -0.1) is 0 Å². The number of nitrogens with zero attached hydrogens (tertiary/aromatic N) is 6. The van der Waals surface area contributed by atoms with Crippen molar-refractivity contribution in [2.24, 2.45) is 17.3 Å². The van der Waals surface area contributed by atoms with E-state index in [1.54, 1.807) is 0 Å². The fourth-order valence-corrected chi connectivity index (χ4v) is 15.8. The quantitative estimate of drug-likeness (QED) is 0.104. The van der Waals surface area contributed by atoms with E-state index in [0.29, 0.717) is 75.8 Å². The molecule has 2 aliphatic heterocycles. The predicted octanol–water partition coefficient (Wildman–Crippen LogP) is 17.7. The molecule has 426 valence electrons. The minimum Gasteiger partial charge on any atom is -0.508 e. The molecule has 3 aromatic heterocycles. The molecule has 0 saturated heterocycles. The number of fused-ring (bicyclic) bond motifs is 28. The molecule has 4 N–H and O–H groups in total. The summed E-state index contributed by atoms with van der Waals surface area (Å²) in [7, 11) is 0. The summed E-state index contributed by atoms with van der Waals surface area (Å²) < 4.78 is 0. The Morgan fingerprint density at radius 3 is 1.52 bits per heavy atom. The lowest BCUT2D eigenvalue weighted by Crippen LogP contribution is -2.50. The van der Waals surface area contributed by atoms with E-state index in [0.717, 1.165) is 172 Å². The van der Waals surface area contributed by atoms with Gasteiger partial charge in [0.15, 0.2) is 23.3 Å². The topological polar surface area (TPSA) is 149 Å². The van der Waals surface area contributed by atoms with Gasteiger partial charge in [-0.05, 0) is 222 Å². The van der Waals surface area contributed by atoms with E-state index in [9.17, 15) is 10.2 Å². The lowest BCUT2D eigenvalue weighted by molar-refractivity contribution is -0.0647. The molecule has 86 heavy (non-hydrogen) atoms. The summed E-state index contributed by atoms with van der Waals surface area (Å²) >= 11 is 0. The van der Waals surface area contributed by atoms with Gasteiger partial charge in [0.05, 0.1) is 0 Å². The van der Waals surface area contributed by atoms with Crippen LogP contribution in [0.5, 0.6) is 5.75 Å². The zero-order chi connectivity index (χ0) is 58.0. The van der Waals surface area contributed by atoms with Crippen molar-refractivity contribution in [1.29, 1.82) is 0 Å². The van der Waals surface area contributed by atoms with E-state index in [4.69, 9.17) is 29.9 Å². The Kier molecular flexibility index (Phi) is 12.5. The maximum Gasteiger partial charge on any atom is 0.164 e. The molecule has 0 radical (unpaired) electrons. The number of nitrogens with one attached hydrogen (secondary N) is 2. The highest BCUT2D eigenvalue weighted by Crippen LogP contribution is 2.64. The van der Waals surface area contributed by atoms with E-state index in [-0.39, 0.29) is 5.41 Å². The summed E-state index contributed by atoms with van der Waals surface area (Å²) in [6.45, 7) is 9.02. The van der Waals surface area contributed by atoms with Crippen molar-refractivity contribution < 1.29 is 10.2 Å². The number of aliphatic hydroxyl groups is 1. The average molecular weight is 1130 g/mol.